The van der Waals surface area contributed by atoms with Gasteiger partial charge in [0.2, 0.25) is 5.78 Å². The summed E-state index contributed by atoms with van der Waals surface area (Å²) in [5.41, 5.74) is 4.52. The lowest BCUT2D eigenvalue weighted by molar-refractivity contribution is 0.505. The van der Waals surface area contributed by atoms with Crippen molar-refractivity contribution in [1.29, 1.82) is 0 Å². The summed E-state index contributed by atoms with van der Waals surface area (Å²) in [5.74, 6) is 0.561. The molecule has 1 aliphatic carbocycles. The van der Waals surface area contributed by atoms with Crippen molar-refractivity contribution >= 4 is 29.1 Å². The lowest BCUT2D eigenvalue weighted by Crippen LogP contribution is -2.36. The highest BCUT2D eigenvalue weighted by Crippen LogP contribution is 2.40. The highest BCUT2D eigenvalue weighted by molar-refractivity contribution is 7.98. The summed E-state index contributed by atoms with van der Waals surface area (Å²) in [6, 6.07) is 15.9. The van der Waals surface area contributed by atoms with Crippen LogP contribution in [-0.2, 0) is 18.4 Å². The maximum atomic E-state index is 13.7. The summed E-state index contributed by atoms with van der Waals surface area (Å²) in [6.07, 6.45) is 2.74. The molecule has 0 radical (unpaired) electrons. The van der Waals surface area contributed by atoms with Gasteiger partial charge in [-0.05, 0) is 35.9 Å². The Balaban J connectivity index is 1.79. The van der Waals surface area contributed by atoms with Crippen LogP contribution in [0.5, 0.6) is 0 Å². The Hall–Kier alpha value is -2.57. The predicted octanol–water partition coefficient (Wildman–Crippen LogP) is 4.82. The van der Waals surface area contributed by atoms with E-state index >= 15 is 0 Å². The fourth-order valence-electron chi connectivity index (χ4n) is 4.32. The number of hydrogen-bond acceptors (Lipinski definition) is 4. The van der Waals surface area contributed by atoms with Gasteiger partial charge in [-0.25, -0.2) is 14.1 Å². The number of rotatable bonds is 3. The molecule has 152 valence electrons. The first-order chi connectivity index (χ1) is 14.4. The number of benzene rings is 2. The van der Waals surface area contributed by atoms with Crippen molar-refractivity contribution in [2.24, 2.45) is 0 Å². The quantitative estimate of drug-likeness (QED) is 0.432. The molecule has 7 heteroatoms. The third kappa shape index (κ3) is 2.97. The normalized spacial score (nSPS) is 14.5. The zero-order chi connectivity index (χ0) is 21.0. The fraction of sp³-hybridized carbons (Fsp3) is 0.261. The summed E-state index contributed by atoms with van der Waals surface area (Å²) in [4.78, 5) is 18.7. The Bertz CT molecular complexity index is 1340. The fourth-order valence-corrected chi connectivity index (χ4v) is 4.98. The lowest BCUT2D eigenvalue weighted by atomic mass is 9.72. The van der Waals surface area contributed by atoms with Crippen LogP contribution in [0.2, 0.25) is 5.02 Å². The molecule has 0 saturated heterocycles. The number of thioether (sulfide) groups is 1. The van der Waals surface area contributed by atoms with E-state index < -0.39 is 0 Å². The van der Waals surface area contributed by atoms with E-state index in [2.05, 4.69) is 26.0 Å². The van der Waals surface area contributed by atoms with Crippen molar-refractivity contribution in [3.8, 4) is 11.3 Å². The summed E-state index contributed by atoms with van der Waals surface area (Å²) < 4.78 is 3.47. The molecule has 0 spiro atoms. The van der Waals surface area contributed by atoms with Gasteiger partial charge in [-0.15, -0.1) is 5.10 Å². The topological polar surface area (TPSA) is 52.2 Å². The molecule has 30 heavy (non-hydrogen) atoms. The van der Waals surface area contributed by atoms with E-state index in [1.807, 2.05) is 42.7 Å². The number of nitrogens with zero attached hydrogens (tertiary/aromatic N) is 4. The largest absolute Gasteiger partial charge is 0.268 e. The van der Waals surface area contributed by atoms with Gasteiger partial charge in [0.15, 0.2) is 5.16 Å². The molecule has 2 aromatic carbocycles. The van der Waals surface area contributed by atoms with Crippen LogP contribution in [0.15, 0.2) is 58.5 Å². The summed E-state index contributed by atoms with van der Waals surface area (Å²) in [5, 5.41) is 6.05. The zero-order valence-electron chi connectivity index (χ0n) is 17.0. The molecule has 4 aromatic rings. The molecule has 5 nitrogen and oxygen atoms in total. The van der Waals surface area contributed by atoms with E-state index in [0.29, 0.717) is 22.5 Å². The average molecular weight is 437 g/mol. The van der Waals surface area contributed by atoms with Crippen molar-refractivity contribution < 1.29 is 0 Å². The number of fused-ring (bicyclic) bond motifs is 4. The number of halogens is 1. The first-order valence-corrected chi connectivity index (χ1v) is 11.4. The molecule has 0 atom stereocenters. The molecule has 1 aliphatic rings. The van der Waals surface area contributed by atoms with Gasteiger partial charge in [-0.3, -0.25) is 4.79 Å². The van der Waals surface area contributed by atoms with Crippen LogP contribution in [0.1, 0.15) is 30.5 Å². The molecule has 0 saturated carbocycles. The minimum absolute atomic E-state index is 0.0267. The molecule has 2 aromatic heterocycles. The molecule has 2 heterocycles. The van der Waals surface area contributed by atoms with Crippen LogP contribution in [0.25, 0.3) is 17.0 Å². The standard InChI is InChI=1S/C23H21ClN4OS/c1-23(2)12-15-6-4-5-7-17(15)19-18(23)20(29)28-21(25-19)27(26-22(28)30-3)13-14-8-10-16(24)11-9-14/h4-11H,12-13H2,1-3H3. The van der Waals surface area contributed by atoms with Crippen LogP contribution >= 0.6 is 23.4 Å². The first-order valence-electron chi connectivity index (χ1n) is 9.80. The second-order valence-corrected chi connectivity index (χ2v) is 9.47. The van der Waals surface area contributed by atoms with E-state index in [4.69, 9.17) is 21.7 Å². The molecule has 0 aliphatic heterocycles. The second kappa shape index (κ2) is 7.00. The molecular weight excluding hydrogens is 416 g/mol. The second-order valence-electron chi connectivity index (χ2n) is 8.26. The molecule has 0 amide bonds. The third-order valence-electron chi connectivity index (χ3n) is 5.70. The van der Waals surface area contributed by atoms with Crippen molar-refractivity contribution in [2.75, 3.05) is 6.26 Å². The van der Waals surface area contributed by atoms with E-state index in [-0.39, 0.29) is 11.0 Å². The minimum Gasteiger partial charge on any atom is -0.268 e. The molecule has 0 unspecified atom stereocenters. The molecule has 0 bridgehead atoms. The van der Waals surface area contributed by atoms with Gasteiger partial charge in [0.25, 0.3) is 5.56 Å². The van der Waals surface area contributed by atoms with Gasteiger partial charge in [-0.2, -0.15) is 0 Å². The van der Waals surface area contributed by atoms with Crippen molar-refractivity contribution in [1.82, 2.24) is 19.2 Å². The van der Waals surface area contributed by atoms with E-state index in [1.54, 1.807) is 9.08 Å². The van der Waals surface area contributed by atoms with Gasteiger partial charge < -0.3 is 0 Å². The highest BCUT2D eigenvalue weighted by atomic mass is 35.5. The average Bonchev–Trinajstić information content (AvgIpc) is 3.07. The Morgan fingerprint density at radius 2 is 1.87 bits per heavy atom. The van der Waals surface area contributed by atoms with Crippen LogP contribution < -0.4 is 5.56 Å². The van der Waals surface area contributed by atoms with Crippen LogP contribution in [0.4, 0.5) is 0 Å². The van der Waals surface area contributed by atoms with Crippen LogP contribution in [0, 0.1) is 0 Å². The van der Waals surface area contributed by atoms with Gasteiger partial charge in [-0.1, -0.05) is 73.6 Å². The SMILES string of the molecule is CSc1nn(Cc2ccc(Cl)cc2)c2nc3c(c(=O)n12)C(C)(C)Cc1ccccc1-3. The van der Waals surface area contributed by atoms with Gasteiger partial charge >= 0.3 is 0 Å². The maximum absolute atomic E-state index is 13.7. The summed E-state index contributed by atoms with van der Waals surface area (Å²) in [6.45, 7) is 4.75. The molecule has 5 rings (SSSR count). The Kier molecular flexibility index (Phi) is 4.52. The van der Waals surface area contributed by atoms with Crippen LogP contribution in [0.3, 0.4) is 0 Å². The summed E-state index contributed by atoms with van der Waals surface area (Å²) >= 11 is 7.48. The van der Waals surface area contributed by atoms with E-state index in [1.165, 1.54) is 17.3 Å². The molecule has 0 N–H and O–H groups in total. The minimum atomic E-state index is -0.303. The van der Waals surface area contributed by atoms with Crippen molar-refractivity contribution in [3.63, 3.8) is 0 Å². The van der Waals surface area contributed by atoms with Gasteiger partial charge in [0.05, 0.1) is 17.8 Å². The molecular formula is C23H21ClN4OS. The van der Waals surface area contributed by atoms with Gasteiger partial charge in [0, 0.05) is 16.0 Å². The van der Waals surface area contributed by atoms with E-state index in [9.17, 15) is 4.79 Å². The van der Waals surface area contributed by atoms with Crippen molar-refractivity contribution in [2.45, 2.75) is 37.4 Å². The van der Waals surface area contributed by atoms with Crippen LogP contribution in [-0.4, -0.2) is 25.4 Å². The highest BCUT2D eigenvalue weighted by Gasteiger charge is 2.36. The number of aromatic nitrogens is 4. The Labute approximate surface area is 183 Å². The smallest absolute Gasteiger partial charge is 0.265 e. The maximum Gasteiger partial charge on any atom is 0.265 e. The lowest BCUT2D eigenvalue weighted by Gasteiger charge is -2.32. The third-order valence-corrected chi connectivity index (χ3v) is 6.59. The summed E-state index contributed by atoms with van der Waals surface area (Å²) in [7, 11) is 0. The molecule has 0 fully saturated rings. The monoisotopic (exact) mass is 436 g/mol. The van der Waals surface area contributed by atoms with Crippen molar-refractivity contribution in [3.05, 3.63) is 80.6 Å². The Morgan fingerprint density at radius 1 is 1.13 bits per heavy atom. The number of hydrogen-bond donors (Lipinski definition) is 0. The van der Waals surface area contributed by atoms with Gasteiger partial charge in [0.1, 0.15) is 0 Å². The Morgan fingerprint density at radius 3 is 2.60 bits per heavy atom. The first kappa shape index (κ1) is 19.4. The predicted molar refractivity (Wildman–Crippen MR) is 122 cm³/mol. The van der Waals surface area contributed by atoms with E-state index in [0.717, 1.165) is 28.8 Å². The zero-order valence-corrected chi connectivity index (χ0v) is 18.6.